The van der Waals surface area contributed by atoms with E-state index in [2.05, 4.69) is 14.4 Å². The second kappa shape index (κ2) is 3.45. The first-order chi connectivity index (χ1) is 7.86. The topological polar surface area (TPSA) is 30.2 Å². The molecule has 3 heterocycles. The van der Waals surface area contributed by atoms with Gasteiger partial charge in [0.05, 0.1) is 11.4 Å². The van der Waals surface area contributed by atoms with Crippen LogP contribution in [-0.4, -0.2) is 14.4 Å². The number of fused-ring (bicyclic) bond motifs is 1. The monoisotopic (exact) mass is 209 g/mol. The van der Waals surface area contributed by atoms with E-state index in [1.54, 1.807) is 12.4 Å². The van der Waals surface area contributed by atoms with Crippen LogP contribution in [0.25, 0.3) is 16.9 Å². The summed E-state index contributed by atoms with van der Waals surface area (Å²) in [6.45, 7) is 2.03. The molecule has 0 N–H and O–H groups in total. The lowest BCUT2D eigenvalue weighted by molar-refractivity contribution is 1.18. The molecule has 3 aromatic rings. The van der Waals surface area contributed by atoms with Crippen LogP contribution in [0.4, 0.5) is 0 Å². The molecular weight excluding hydrogens is 198 g/mol. The number of aromatic nitrogens is 3. The lowest BCUT2D eigenvalue weighted by Crippen LogP contribution is -1.88. The zero-order valence-electron chi connectivity index (χ0n) is 8.96. The molecule has 0 saturated heterocycles. The van der Waals surface area contributed by atoms with Crippen molar-refractivity contribution in [2.75, 3.05) is 0 Å². The van der Waals surface area contributed by atoms with Gasteiger partial charge in [0.15, 0.2) is 0 Å². The summed E-state index contributed by atoms with van der Waals surface area (Å²) in [7, 11) is 0. The predicted molar refractivity (Wildman–Crippen MR) is 63.2 cm³/mol. The molecule has 3 aromatic heterocycles. The minimum atomic E-state index is 0.979. The van der Waals surface area contributed by atoms with Crippen molar-refractivity contribution in [3.8, 4) is 11.3 Å². The highest BCUT2D eigenvalue weighted by molar-refractivity contribution is 5.66. The number of pyridine rings is 2. The van der Waals surface area contributed by atoms with E-state index in [4.69, 9.17) is 0 Å². The van der Waals surface area contributed by atoms with Gasteiger partial charge >= 0.3 is 0 Å². The number of nitrogens with zero attached hydrogens (tertiary/aromatic N) is 3. The van der Waals surface area contributed by atoms with E-state index in [0.29, 0.717) is 0 Å². The fourth-order valence-electron chi connectivity index (χ4n) is 1.97. The summed E-state index contributed by atoms with van der Waals surface area (Å²) in [6, 6.07) is 10.0. The summed E-state index contributed by atoms with van der Waals surface area (Å²) >= 11 is 0. The lowest BCUT2D eigenvalue weighted by Gasteiger charge is -2.02. The van der Waals surface area contributed by atoms with Crippen LogP contribution in [0.5, 0.6) is 0 Å². The van der Waals surface area contributed by atoms with Gasteiger partial charge in [-0.2, -0.15) is 0 Å². The Hall–Kier alpha value is -2.16. The molecule has 0 unspecified atom stereocenters. The summed E-state index contributed by atoms with van der Waals surface area (Å²) in [5.74, 6) is 0. The maximum absolute atomic E-state index is 4.53. The maximum atomic E-state index is 4.53. The smallest absolute Gasteiger partial charge is 0.137 e. The van der Waals surface area contributed by atoms with E-state index in [0.717, 1.165) is 22.6 Å². The van der Waals surface area contributed by atoms with Crippen LogP contribution < -0.4 is 0 Å². The van der Waals surface area contributed by atoms with Crippen LogP contribution in [-0.2, 0) is 0 Å². The molecule has 0 saturated carbocycles. The van der Waals surface area contributed by atoms with Crippen molar-refractivity contribution in [3.63, 3.8) is 0 Å². The molecule has 0 aliphatic carbocycles. The average molecular weight is 209 g/mol. The van der Waals surface area contributed by atoms with Crippen LogP contribution in [0.15, 0.2) is 48.9 Å². The molecule has 0 aliphatic rings. The van der Waals surface area contributed by atoms with Crippen molar-refractivity contribution in [2.24, 2.45) is 0 Å². The number of hydrogen-bond donors (Lipinski definition) is 0. The Morgan fingerprint density at radius 1 is 1.06 bits per heavy atom. The Balaban J connectivity index is 2.35. The standard InChI is InChI=1S/C13H11N3/c1-10-13(11-5-7-14-8-6-11)16-9-3-2-4-12(16)15-10/h2-9H,1H3. The molecule has 0 bridgehead atoms. The Morgan fingerprint density at radius 3 is 2.69 bits per heavy atom. The van der Waals surface area contributed by atoms with E-state index in [1.807, 2.05) is 43.5 Å². The van der Waals surface area contributed by atoms with Gasteiger partial charge in [-0.1, -0.05) is 6.07 Å². The molecule has 0 amide bonds. The molecule has 78 valence electrons. The predicted octanol–water partition coefficient (Wildman–Crippen LogP) is 2.70. The molecule has 0 atom stereocenters. The fourth-order valence-corrected chi connectivity index (χ4v) is 1.97. The van der Waals surface area contributed by atoms with E-state index < -0.39 is 0 Å². The van der Waals surface area contributed by atoms with Crippen molar-refractivity contribution < 1.29 is 0 Å². The van der Waals surface area contributed by atoms with Gasteiger partial charge in [0, 0.05) is 24.2 Å². The Labute approximate surface area is 93.4 Å². The number of hydrogen-bond acceptors (Lipinski definition) is 2. The second-order valence-corrected chi connectivity index (χ2v) is 3.71. The summed E-state index contributed by atoms with van der Waals surface area (Å²) < 4.78 is 2.10. The highest BCUT2D eigenvalue weighted by Gasteiger charge is 2.09. The third kappa shape index (κ3) is 1.29. The summed E-state index contributed by atoms with van der Waals surface area (Å²) in [5, 5.41) is 0. The fraction of sp³-hybridized carbons (Fsp3) is 0.0769. The minimum Gasteiger partial charge on any atom is -0.299 e. The zero-order valence-corrected chi connectivity index (χ0v) is 8.96. The highest BCUT2D eigenvalue weighted by atomic mass is 15.0. The summed E-state index contributed by atoms with van der Waals surface area (Å²) in [6.07, 6.45) is 5.64. The lowest BCUT2D eigenvalue weighted by atomic mass is 10.1. The highest BCUT2D eigenvalue weighted by Crippen LogP contribution is 2.23. The van der Waals surface area contributed by atoms with Gasteiger partial charge in [-0.3, -0.25) is 9.38 Å². The van der Waals surface area contributed by atoms with E-state index >= 15 is 0 Å². The minimum absolute atomic E-state index is 0.979. The Kier molecular flexibility index (Phi) is 1.96. The molecule has 0 radical (unpaired) electrons. The Morgan fingerprint density at radius 2 is 1.88 bits per heavy atom. The molecule has 0 fully saturated rings. The molecule has 3 rings (SSSR count). The van der Waals surface area contributed by atoms with Crippen molar-refractivity contribution in [1.82, 2.24) is 14.4 Å². The first-order valence-corrected chi connectivity index (χ1v) is 5.20. The van der Waals surface area contributed by atoms with Crippen molar-refractivity contribution in [3.05, 3.63) is 54.6 Å². The SMILES string of the molecule is Cc1nc2ccccn2c1-c1ccncc1. The van der Waals surface area contributed by atoms with Crippen LogP contribution in [0.2, 0.25) is 0 Å². The number of rotatable bonds is 1. The van der Waals surface area contributed by atoms with Gasteiger partial charge in [-0.25, -0.2) is 4.98 Å². The molecule has 0 spiro atoms. The van der Waals surface area contributed by atoms with Gasteiger partial charge in [-0.05, 0) is 31.2 Å². The van der Waals surface area contributed by atoms with Crippen molar-refractivity contribution in [2.45, 2.75) is 6.92 Å². The van der Waals surface area contributed by atoms with Gasteiger partial charge in [0.1, 0.15) is 5.65 Å². The average Bonchev–Trinajstić information content (AvgIpc) is 2.66. The number of imidazole rings is 1. The third-order valence-corrected chi connectivity index (χ3v) is 2.66. The molecular formula is C13H11N3. The molecule has 16 heavy (non-hydrogen) atoms. The molecule has 0 aliphatic heterocycles. The quantitative estimate of drug-likeness (QED) is 0.616. The molecule has 3 heteroatoms. The van der Waals surface area contributed by atoms with Crippen LogP contribution >= 0.6 is 0 Å². The van der Waals surface area contributed by atoms with Crippen LogP contribution in [0.3, 0.4) is 0 Å². The first kappa shape index (κ1) is 9.09. The molecule has 0 aromatic carbocycles. The van der Waals surface area contributed by atoms with Gasteiger partial charge in [-0.15, -0.1) is 0 Å². The van der Waals surface area contributed by atoms with Crippen molar-refractivity contribution >= 4 is 5.65 Å². The zero-order chi connectivity index (χ0) is 11.0. The normalized spacial score (nSPS) is 10.8. The maximum Gasteiger partial charge on any atom is 0.137 e. The largest absolute Gasteiger partial charge is 0.299 e. The third-order valence-electron chi connectivity index (χ3n) is 2.66. The second-order valence-electron chi connectivity index (χ2n) is 3.71. The first-order valence-electron chi connectivity index (χ1n) is 5.20. The summed E-state index contributed by atoms with van der Waals surface area (Å²) in [4.78, 5) is 8.57. The van der Waals surface area contributed by atoms with Crippen molar-refractivity contribution in [1.29, 1.82) is 0 Å². The van der Waals surface area contributed by atoms with Gasteiger partial charge < -0.3 is 0 Å². The number of aryl methyl sites for hydroxylation is 1. The van der Waals surface area contributed by atoms with E-state index in [-0.39, 0.29) is 0 Å². The van der Waals surface area contributed by atoms with Crippen LogP contribution in [0.1, 0.15) is 5.69 Å². The van der Waals surface area contributed by atoms with Gasteiger partial charge in [0.25, 0.3) is 0 Å². The van der Waals surface area contributed by atoms with Gasteiger partial charge in [0.2, 0.25) is 0 Å². The van der Waals surface area contributed by atoms with E-state index in [9.17, 15) is 0 Å². The van der Waals surface area contributed by atoms with E-state index in [1.165, 1.54) is 0 Å². The van der Waals surface area contributed by atoms with Crippen LogP contribution in [0, 0.1) is 6.92 Å². The Bertz CT molecular complexity index is 626. The molecule has 3 nitrogen and oxygen atoms in total. The summed E-state index contributed by atoms with van der Waals surface area (Å²) in [5.41, 5.74) is 4.30.